The molecule has 2 nitrogen and oxygen atoms in total. The smallest absolute Gasteiger partial charge is 0.161 e. The van der Waals surface area contributed by atoms with Gasteiger partial charge in [0.05, 0.1) is 14.2 Å². The molecule has 23 heavy (non-hydrogen) atoms. The Kier molecular flexibility index (Phi) is 6.97. The van der Waals surface area contributed by atoms with E-state index in [1.807, 2.05) is 17.4 Å². The molecule has 1 heterocycles. The molecule has 1 unspecified atom stereocenters. The van der Waals surface area contributed by atoms with Gasteiger partial charge in [-0.15, -0.1) is 11.3 Å². The van der Waals surface area contributed by atoms with Crippen LogP contribution >= 0.6 is 11.3 Å². The van der Waals surface area contributed by atoms with E-state index in [-0.39, 0.29) is 0 Å². The van der Waals surface area contributed by atoms with Gasteiger partial charge in [-0.2, -0.15) is 0 Å². The molecule has 0 saturated heterocycles. The van der Waals surface area contributed by atoms with Crippen molar-refractivity contribution < 1.29 is 9.47 Å². The van der Waals surface area contributed by atoms with E-state index in [4.69, 9.17) is 9.47 Å². The minimum atomic E-state index is 0.379. The van der Waals surface area contributed by atoms with Crippen LogP contribution in [0, 0.1) is 0 Å². The van der Waals surface area contributed by atoms with E-state index in [2.05, 4.69) is 38.1 Å². The molecule has 1 aromatic heterocycles. The number of aryl methyl sites for hydroxylation is 1. The Labute approximate surface area is 144 Å². The summed E-state index contributed by atoms with van der Waals surface area (Å²) in [7, 11) is 3.36. The Morgan fingerprint density at radius 3 is 2.43 bits per heavy atom. The molecule has 0 fully saturated rings. The lowest BCUT2D eigenvalue weighted by atomic mass is 9.99. The quantitative estimate of drug-likeness (QED) is 0.521. The summed E-state index contributed by atoms with van der Waals surface area (Å²) in [4.78, 5) is 2.92. The summed E-state index contributed by atoms with van der Waals surface area (Å²) in [5, 5.41) is 0. The van der Waals surface area contributed by atoms with Crippen molar-refractivity contribution in [1.29, 1.82) is 0 Å². The number of hydrogen-bond donors (Lipinski definition) is 0. The van der Waals surface area contributed by atoms with Crippen LogP contribution in [0.2, 0.25) is 0 Å². The molecule has 0 N–H and O–H groups in total. The van der Waals surface area contributed by atoms with Crippen molar-refractivity contribution in [2.75, 3.05) is 14.2 Å². The zero-order valence-corrected chi connectivity index (χ0v) is 15.5. The highest BCUT2D eigenvalue weighted by atomic mass is 32.1. The van der Waals surface area contributed by atoms with Gasteiger partial charge in [-0.05, 0) is 42.7 Å². The van der Waals surface area contributed by atoms with Crippen molar-refractivity contribution in [2.24, 2.45) is 0 Å². The summed E-state index contributed by atoms with van der Waals surface area (Å²) in [6, 6.07) is 10.8. The lowest BCUT2D eigenvalue weighted by Crippen LogP contribution is -1.96. The van der Waals surface area contributed by atoms with Crippen molar-refractivity contribution in [3.05, 3.63) is 45.6 Å². The van der Waals surface area contributed by atoms with Gasteiger partial charge in [0.15, 0.2) is 11.5 Å². The minimum absolute atomic E-state index is 0.379. The normalized spacial score (nSPS) is 12.2. The van der Waals surface area contributed by atoms with Crippen LogP contribution in [0.4, 0.5) is 0 Å². The third kappa shape index (κ3) is 4.74. The van der Waals surface area contributed by atoms with E-state index in [9.17, 15) is 0 Å². The molecule has 2 rings (SSSR count). The van der Waals surface area contributed by atoms with Gasteiger partial charge in [0, 0.05) is 15.7 Å². The maximum Gasteiger partial charge on any atom is 0.161 e. The van der Waals surface area contributed by atoms with Crippen LogP contribution < -0.4 is 9.47 Å². The van der Waals surface area contributed by atoms with Crippen molar-refractivity contribution in [3.63, 3.8) is 0 Å². The fourth-order valence-electron chi connectivity index (χ4n) is 2.77. The van der Waals surface area contributed by atoms with E-state index in [0.717, 1.165) is 11.5 Å². The Morgan fingerprint density at radius 1 is 0.957 bits per heavy atom. The SMILES string of the molecule is CCCCCCc1ccc(C(C)c2ccc(OC)c(OC)c2)s1. The predicted molar refractivity (Wildman–Crippen MR) is 99.2 cm³/mol. The maximum absolute atomic E-state index is 5.42. The van der Waals surface area contributed by atoms with Gasteiger partial charge in [0.2, 0.25) is 0 Å². The molecule has 1 aromatic carbocycles. The fraction of sp³-hybridized carbons (Fsp3) is 0.500. The lowest BCUT2D eigenvalue weighted by Gasteiger charge is -2.13. The molecule has 0 bridgehead atoms. The summed E-state index contributed by atoms with van der Waals surface area (Å²) < 4.78 is 10.7. The molecule has 0 spiro atoms. The highest BCUT2D eigenvalue weighted by Crippen LogP contribution is 2.35. The molecule has 0 amide bonds. The minimum Gasteiger partial charge on any atom is -0.493 e. The second-order valence-electron chi connectivity index (χ2n) is 5.95. The molecule has 0 aliphatic carbocycles. The summed E-state index contributed by atoms with van der Waals surface area (Å²) in [6.45, 7) is 4.52. The molecule has 126 valence electrons. The van der Waals surface area contributed by atoms with Gasteiger partial charge < -0.3 is 9.47 Å². The highest BCUT2D eigenvalue weighted by molar-refractivity contribution is 7.12. The monoisotopic (exact) mass is 332 g/mol. The Morgan fingerprint density at radius 2 is 1.74 bits per heavy atom. The van der Waals surface area contributed by atoms with Crippen molar-refractivity contribution in [2.45, 2.75) is 51.9 Å². The third-order valence-corrected chi connectivity index (χ3v) is 5.62. The summed E-state index contributed by atoms with van der Waals surface area (Å²) in [5.74, 6) is 1.96. The molecule has 0 saturated carbocycles. The molecule has 0 aliphatic heterocycles. The predicted octanol–water partition coefficient (Wildman–Crippen LogP) is 6.04. The lowest BCUT2D eigenvalue weighted by molar-refractivity contribution is 0.354. The van der Waals surface area contributed by atoms with Crippen molar-refractivity contribution in [3.8, 4) is 11.5 Å². The van der Waals surface area contributed by atoms with Gasteiger partial charge in [0.1, 0.15) is 0 Å². The summed E-state index contributed by atoms with van der Waals surface area (Å²) in [6.07, 6.45) is 6.50. The number of hydrogen-bond acceptors (Lipinski definition) is 3. The fourth-order valence-corrected chi connectivity index (χ4v) is 3.91. The topological polar surface area (TPSA) is 18.5 Å². The zero-order chi connectivity index (χ0) is 16.7. The van der Waals surface area contributed by atoms with Crippen LogP contribution in [0.15, 0.2) is 30.3 Å². The van der Waals surface area contributed by atoms with Crippen LogP contribution in [-0.4, -0.2) is 14.2 Å². The van der Waals surface area contributed by atoms with E-state index in [1.54, 1.807) is 14.2 Å². The standard InChI is InChI=1S/C20H28O2S/c1-5-6-7-8-9-17-11-13-20(23-17)15(2)16-10-12-18(21-3)19(14-16)22-4/h10-15H,5-9H2,1-4H3. The first kappa shape index (κ1) is 17.9. The molecule has 2 aromatic rings. The van der Waals surface area contributed by atoms with E-state index < -0.39 is 0 Å². The second-order valence-corrected chi connectivity index (χ2v) is 7.15. The average Bonchev–Trinajstić information content (AvgIpc) is 3.06. The Bertz CT molecular complexity index is 603. The number of ether oxygens (including phenoxy) is 2. The van der Waals surface area contributed by atoms with Crippen LogP contribution in [0.5, 0.6) is 11.5 Å². The molecule has 0 aliphatic rings. The van der Waals surface area contributed by atoms with E-state index in [0.29, 0.717) is 5.92 Å². The number of thiophene rings is 1. The Hall–Kier alpha value is -1.48. The average molecular weight is 333 g/mol. The number of rotatable bonds is 9. The maximum atomic E-state index is 5.42. The number of methoxy groups -OCH3 is 2. The largest absolute Gasteiger partial charge is 0.493 e. The molecular formula is C20H28O2S. The van der Waals surface area contributed by atoms with Crippen LogP contribution in [-0.2, 0) is 6.42 Å². The second kappa shape index (κ2) is 8.97. The molecule has 3 heteroatoms. The van der Waals surface area contributed by atoms with Gasteiger partial charge in [0.25, 0.3) is 0 Å². The van der Waals surface area contributed by atoms with Crippen LogP contribution in [0.3, 0.4) is 0 Å². The molecule has 0 radical (unpaired) electrons. The highest BCUT2D eigenvalue weighted by Gasteiger charge is 2.14. The van der Waals surface area contributed by atoms with Gasteiger partial charge in [-0.25, -0.2) is 0 Å². The third-order valence-electron chi connectivity index (χ3n) is 4.29. The van der Waals surface area contributed by atoms with Crippen LogP contribution in [0.25, 0.3) is 0 Å². The van der Waals surface area contributed by atoms with Crippen LogP contribution in [0.1, 0.15) is 60.8 Å². The first-order valence-corrected chi connectivity index (χ1v) is 9.31. The van der Waals surface area contributed by atoms with E-state index >= 15 is 0 Å². The van der Waals surface area contributed by atoms with E-state index in [1.165, 1.54) is 47.4 Å². The first-order chi connectivity index (χ1) is 11.2. The zero-order valence-electron chi connectivity index (χ0n) is 14.7. The first-order valence-electron chi connectivity index (χ1n) is 8.50. The molecule has 1 atom stereocenters. The van der Waals surface area contributed by atoms with Gasteiger partial charge >= 0.3 is 0 Å². The van der Waals surface area contributed by atoms with Crippen molar-refractivity contribution in [1.82, 2.24) is 0 Å². The Balaban J connectivity index is 2.05. The van der Waals surface area contributed by atoms with Gasteiger partial charge in [-0.3, -0.25) is 0 Å². The van der Waals surface area contributed by atoms with Crippen molar-refractivity contribution >= 4 is 11.3 Å². The molecular weight excluding hydrogens is 304 g/mol. The summed E-state index contributed by atoms with van der Waals surface area (Å²) in [5.41, 5.74) is 1.27. The summed E-state index contributed by atoms with van der Waals surface area (Å²) >= 11 is 1.95. The number of unbranched alkanes of at least 4 members (excludes halogenated alkanes) is 3. The number of benzene rings is 1. The van der Waals surface area contributed by atoms with Gasteiger partial charge in [-0.1, -0.05) is 39.2 Å².